The Bertz CT molecular complexity index is 99.1. The van der Waals surface area contributed by atoms with Crippen molar-refractivity contribution in [1.82, 2.24) is 0 Å². The number of carbonyl (C=O) groups excluding carboxylic acids is 2. The molecular weight excluding hydrogens is 145 g/mol. The normalized spacial score (nSPS) is 6.73. The summed E-state index contributed by atoms with van der Waals surface area (Å²) in [4.78, 5) is 18.5. The molecule has 0 fully saturated rings. The second-order valence-corrected chi connectivity index (χ2v) is 1.45. The average Bonchev–Trinajstić information content (AvgIpc) is 1.89. The molecule has 0 saturated carbocycles. The quantitative estimate of drug-likeness (QED) is 0.428. The first kappa shape index (κ1) is 16.6. The van der Waals surface area contributed by atoms with E-state index in [0.29, 0.717) is 0 Å². The molecule has 60 valence electrons. The number of carboxylic acid groups (broad SMARTS) is 2. The standard InChI is InChI=1S/2C3H6O2.Be/c2*1-2-3(4)5;/h2*2H2,1H3,(H,4,5);/q;;+2/p-2. The molecule has 5 heteroatoms. The van der Waals surface area contributed by atoms with Crippen LogP contribution in [0.5, 0.6) is 0 Å². The maximum atomic E-state index is 9.26. The van der Waals surface area contributed by atoms with Gasteiger partial charge in [-0.15, -0.1) is 0 Å². The molecule has 11 heavy (non-hydrogen) atoms. The predicted octanol–water partition coefficient (Wildman–Crippen LogP) is -2.09. The number of carbonyl (C=O) groups is 2. The zero-order valence-corrected chi connectivity index (χ0v) is 6.75. The Morgan fingerprint density at radius 3 is 1.09 bits per heavy atom. The molecule has 0 heterocycles. The number of rotatable bonds is 2. The van der Waals surface area contributed by atoms with E-state index in [-0.39, 0.29) is 23.0 Å². The number of hydrogen-bond acceptors (Lipinski definition) is 4. The maximum absolute atomic E-state index is 9.26. The van der Waals surface area contributed by atoms with Crippen molar-refractivity contribution in [2.45, 2.75) is 26.7 Å². The Labute approximate surface area is 69.4 Å². The summed E-state index contributed by atoms with van der Waals surface area (Å²) in [6, 6.07) is 0. The molecule has 0 saturated heterocycles. The van der Waals surface area contributed by atoms with E-state index < -0.39 is 11.9 Å². The summed E-state index contributed by atoms with van der Waals surface area (Å²) < 4.78 is 0. The van der Waals surface area contributed by atoms with Crippen LogP contribution in [0.2, 0.25) is 0 Å². The molecule has 0 radical (unpaired) electrons. The van der Waals surface area contributed by atoms with Gasteiger partial charge in [0.1, 0.15) is 0 Å². The minimum Gasteiger partial charge on any atom is -0.550 e. The van der Waals surface area contributed by atoms with Crippen molar-refractivity contribution in [3.8, 4) is 0 Å². The van der Waals surface area contributed by atoms with E-state index in [1.54, 1.807) is 0 Å². The van der Waals surface area contributed by atoms with Crippen molar-refractivity contribution >= 4 is 22.1 Å². The Kier molecular flexibility index (Phi) is 17.9. The fourth-order valence-electron chi connectivity index (χ4n) is 0. The van der Waals surface area contributed by atoms with E-state index >= 15 is 0 Å². The van der Waals surface area contributed by atoms with Crippen LogP contribution in [0.1, 0.15) is 26.7 Å². The zero-order chi connectivity index (χ0) is 8.57. The van der Waals surface area contributed by atoms with Crippen molar-refractivity contribution in [1.29, 1.82) is 0 Å². The summed E-state index contributed by atoms with van der Waals surface area (Å²) in [5.41, 5.74) is 0. The van der Waals surface area contributed by atoms with Gasteiger partial charge in [-0.05, 0) is 12.8 Å². The third-order valence-corrected chi connectivity index (χ3v) is 0.577. The van der Waals surface area contributed by atoms with E-state index in [1.165, 1.54) is 13.8 Å². The molecule has 0 aliphatic rings. The van der Waals surface area contributed by atoms with E-state index in [0.717, 1.165) is 0 Å². The van der Waals surface area contributed by atoms with Crippen LogP contribution >= 0.6 is 0 Å². The Hall–Kier alpha value is -0.891. The van der Waals surface area contributed by atoms with Crippen LogP contribution in [0, 0.1) is 0 Å². The van der Waals surface area contributed by atoms with Crippen molar-refractivity contribution in [3.63, 3.8) is 0 Å². The molecule has 0 aromatic carbocycles. The third-order valence-electron chi connectivity index (χ3n) is 0.577. The van der Waals surface area contributed by atoms with Gasteiger partial charge in [-0.3, -0.25) is 0 Å². The van der Waals surface area contributed by atoms with Crippen LogP contribution in [0.4, 0.5) is 0 Å². The van der Waals surface area contributed by atoms with Crippen molar-refractivity contribution in [3.05, 3.63) is 0 Å². The fraction of sp³-hybridized carbons (Fsp3) is 0.667. The zero-order valence-electron chi connectivity index (χ0n) is 6.75. The van der Waals surface area contributed by atoms with Crippen molar-refractivity contribution in [2.75, 3.05) is 0 Å². The molecule has 0 aliphatic heterocycles. The largest absolute Gasteiger partial charge is 2.00 e. The van der Waals surface area contributed by atoms with Gasteiger partial charge >= 0.3 is 10.1 Å². The Balaban J connectivity index is -0.000000107. The maximum Gasteiger partial charge on any atom is 2.00 e. The minimum absolute atomic E-state index is 0. The van der Waals surface area contributed by atoms with Gasteiger partial charge in [-0.1, -0.05) is 13.8 Å². The average molecular weight is 155 g/mol. The van der Waals surface area contributed by atoms with E-state index in [1.807, 2.05) is 0 Å². The van der Waals surface area contributed by atoms with Crippen LogP contribution < -0.4 is 10.2 Å². The number of aliphatic carboxylic acids is 2. The van der Waals surface area contributed by atoms with Crippen LogP contribution in [0.3, 0.4) is 0 Å². The van der Waals surface area contributed by atoms with Crippen LogP contribution in [0.15, 0.2) is 0 Å². The number of hydrogen-bond donors (Lipinski definition) is 0. The topological polar surface area (TPSA) is 80.3 Å². The van der Waals surface area contributed by atoms with Crippen molar-refractivity contribution in [2.24, 2.45) is 0 Å². The molecule has 0 atom stereocenters. The first-order valence-corrected chi connectivity index (χ1v) is 2.94. The summed E-state index contributed by atoms with van der Waals surface area (Å²) in [7, 11) is 0. The Morgan fingerprint density at radius 2 is 1.09 bits per heavy atom. The minimum atomic E-state index is -0.995. The van der Waals surface area contributed by atoms with Crippen LogP contribution in [-0.2, 0) is 9.59 Å². The summed E-state index contributed by atoms with van der Waals surface area (Å²) in [5, 5.41) is 18.5. The molecule has 0 unspecified atom stereocenters. The van der Waals surface area contributed by atoms with Gasteiger partial charge in [-0.25, -0.2) is 0 Å². The van der Waals surface area contributed by atoms with E-state index in [9.17, 15) is 19.8 Å². The number of carboxylic acids is 2. The molecule has 0 bridgehead atoms. The smallest absolute Gasteiger partial charge is 0.550 e. The van der Waals surface area contributed by atoms with Gasteiger partial charge in [0.25, 0.3) is 0 Å². The van der Waals surface area contributed by atoms with E-state index in [2.05, 4.69) is 0 Å². The molecular formula is C6H10BeO4. The molecule has 0 rings (SSSR count). The molecule has 0 aromatic heterocycles. The summed E-state index contributed by atoms with van der Waals surface area (Å²) in [6.45, 7) is 3.07. The van der Waals surface area contributed by atoms with Gasteiger partial charge in [0, 0.05) is 11.9 Å². The van der Waals surface area contributed by atoms with Gasteiger partial charge in [-0.2, -0.15) is 0 Å². The molecule has 0 aliphatic carbocycles. The summed E-state index contributed by atoms with van der Waals surface area (Å²) in [5.74, 6) is -1.99. The first-order valence-electron chi connectivity index (χ1n) is 2.94. The van der Waals surface area contributed by atoms with Crippen LogP contribution in [0.25, 0.3) is 0 Å². The van der Waals surface area contributed by atoms with Crippen LogP contribution in [-0.4, -0.2) is 22.1 Å². The predicted molar refractivity (Wildman–Crippen MR) is 36.4 cm³/mol. The summed E-state index contributed by atoms with van der Waals surface area (Å²) >= 11 is 0. The SMILES string of the molecule is CCC(=O)[O-].CCC(=O)[O-].[Be+2]. The third kappa shape index (κ3) is 47.6. The Morgan fingerprint density at radius 1 is 1.00 bits per heavy atom. The molecule has 4 nitrogen and oxygen atoms in total. The van der Waals surface area contributed by atoms with Gasteiger partial charge in [0.2, 0.25) is 0 Å². The second-order valence-electron chi connectivity index (χ2n) is 1.45. The van der Waals surface area contributed by atoms with Gasteiger partial charge < -0.3 is 19.8 Å². The van der Waals surface area contributed by atoms with E-state index in [4.69, 9.17) is 0 Å². The second kappa shape index (κ2) is 11.9. The first-order chi connectivity index (χ1) is 4.54. The summed E-state index contributed by atoms with van der Waals surface area (Å²) in [6.07, 6.45) is 0.222. The molecule has 0 spiro atoms. The molecule has 0 N–H and O–H groups in total. The fourth-order valence-corrected chi connectivity index (χ4v) is 0. The van der Waals surface area contributed by atoms with Gasteiger partial charge in [0.05, 0.1) is 0 Å². The molecule has 0 amide bonds. The molecule has 0 aromatic rings. The van der Waals surface area contributed by atoms with Crippen molar-refractivity contribution < 1.29 is 19.8 Å². The monoisotopic (exact) mass is 155 g/mol. The van der Waals surface area contributed by atoms with Gasteiger partial charge in [0.15, 0.2) is 0 Å².